The molecule has 0 amide bonds. The van der Waals surface area contributed by atoms with E-state index in [1.807, 2.05) is 0 Å². The van der Waals surface area contributed by atoms with Gasteiger partial charge in [-0.25, -0.2) is 4.57 Å². The molecule has 16 heavy (non-hydrogen) atoms. The van der Waals surface area contributed by atoms with Gasteiger partial charge in [-0.2, -0.15) is 0 Å². The molecule has 0 fully saturated rings. The molecule has 1 heteroatoms. The van der Waals surface area contributed by atoms with Crippen molar-refractivity contribution in [3.05, 3.63) is 29.6 Å². The summed E-state index contributed by atoms with van der Waals surface area (Å²) in [5.41, 5.74) is 2.81. The Labute approximate surface area is 101 Å². The van der Waals surface area contributed by atoms with Gasteiger partial charge in [-0.1, -0.05) is 32.6 Å². The van der Waals surface area contributed by atoms with Crippen molar-refractivity contribution in [2.45, 2.75) is 65.8 Å². The number of unbranched alkanes of at least 4 members (excludes halogenated alkanes) is 5. The molecule has 1 aromatic rings. The maximum Gasteiger partial charge on any atom is 0.181 e. The van der Waals surface area contributed by atoms with Gasteiger partial charge in [0.05, 0.1) is 0 Å². The quantitative estimate of drug-likeness (QED) is 0.484. The highest BCUT2D eigenvalue weighted by Gasteiger charge is 2.06. The van der Waals surface area contributed by atoms with E-state index in [1.54, 1.807) is 0 Å². The molecule has 0 aliphatic heterocycles. The molecular weight excluding hydrogens is 194 g/mol. The average molecular weight is 220 g/mol. The third-order valence-electron chi connectivity index (χ3n) is 3.37. The maximum atomic E-state index is 2.38. The molecule has 0 bridgehead atoms. The first kappa shape index (κ1) is 13.2. The van der Waals surface area contributed by atoms with E-state index in [0.717, 1.165) is 0 Å². The lowest BCUT2D eigenvalue weighted by atomic mass is 10.1. The molecule has 0 saturated carbocycles. The normalized spacial score (nSPS) is 10.7. The number of rotatable bonds is 7. The highest BCUT2D eigenvalue weighted by Crippen LogP contribution is 2.05. The zero-order chi connectivity index (χ0) is 11.8. The van der Waals surface area contributed by atoms with Crippen molar-refractivity contribution in [1.82, 2.24) is 0 Å². The molecular formula is C15H26N+. The first-order valence-corrected chi connectivity index (χ1v) is 6.71. The number of hydrogen-bond donors (Lipinski definition) is 0. The fourth-order valence-electron chi connectivity index (χ4n) is 2.05. The largest absolute Gasteiger partial charge is 0.202 e. The number of aromatic nitrogens is 1. The van der Waals surface area contributed by atoms with E-state index in [0.29, 0.717) is 0 Å². The molecule has 1 nitrogen and oxygen atoms in total. The van der Waals surface area contributed by atoms with Crippen LogP contribution in [0, 0.1) is 13.8 Å². The van der Waals surface area contributed by atoms with E-state index in [-0.39, 0.29) is 0 Å². The topological polar surface area (TPSA) is 3.88 Å². The van der Waals surface area contributed by atoms with Crippen LogP contribution in [0.5, 0.6) is 0 Å². The van der Waals surface area contributed by atoms with Crippen LogP contribution in [0.2, 0.25) is 0 Å². The zero-order valence-corrected chi connectivity index (χ0v) is 11.1. The minimum absolute atomic E-state index is 1.18. The molecule has 0 aliphatic rings. The number of hydrogen-bond acceptors (Lipinski definition) is 0. The van der Waals surface area contributed by atoms with Crippen molar-refractivity contribution in [3.63, 3.8) is 0 Å². The van der Waals surface area contributed by atoms with Crippen LogP contribution in [0.4, 0.5) is 0 Å². The predicted octanol–water partition coefficient (Wildman–Crippen LogP) is 3.95. The van der Waals surface area contributed by atoms with E-state index >= 15 is 0 Å². The maximum absolute atomic E-state index is 2.38. The second-order valence-corrected chi connectivity index (χ2v) is 4.74. The van der Waals surface area contributed by atoms with Crippen molar-refractivity contribution in [2.75, 3.05) is 0 Å². The second kappa shape index (κ2) is 7.43. The predicted molar refractivity (Wildman–Crippen MR) is 69.5 cm³/mol. The fourth-order valence-corrected chi connectivity index (χ4v) is 2.05. The van der Waals surface area contributed by atoms with Gasteiger partial charge in [-0.15, -0.1) is 0 Å². The average Bonchev–Trinajstić information content (AvgIpc) is 2.29. The molecule has 0 saturated heterocycles. The summed E-state index contributed by atoms with van der Waals surface area (Å²) in [6.07, 6.45) is 10.4. The van der Waals surface area contributed by atoms with E-state index < -0.39 is 0 Å². The Bertz CT molecular complexity index is 304. The number of aryl methyl sites for hydroxylation is 2. The van der Waals surface area contributed by atoms with E-state index in [9.17, 15) is 0 Å². The Balaban J connectivity index is 2.24. The number of nitrogens with zero attached hydrogens (tertiary/aromatic N) is 1. The Morgan fingerprint density at radius 1 is 1.00 bits per heavy atom. The van der Waals surface area contributed by atoms with Crippen LogP contribution in [-0.4, -0.2) is 0 Å². The summed E-state index contributed by atoms with van der Waals surface area (Å²) in [4.78, 5) is 0. The first-order chi connectivity index (χ1) is 7.75. The lowest BCUT2D eigenvalue weighted by Gasteiger charge is -2.03. The minimum Gasteiger partial charge on any atom is -0.202 e. The Hall–Kier alpha value is -0.850. The Kier molecular flexibility index (Phi) is 6.14. The standard InChI is InChI=1S/C15H26N/c1-4-5-6-7-8-9-12-16-13-10-11-14(2)15(16)3/h10-11,13H,4-9,12H2,1-3H3/q+1. The van der Waals surface area contributed by atoms with Crippen molar-refractivity contribution in [2.24, 2.45) is 0 Å². The summed E-state index contributed by atoms with van der Waals surface area (Å²) < 4.78 is 2.38. The third kappa shape index (κ3) is 4.34. The van der Waals surface area contributed by atoms with E-state index in [2.05, 4.69) is 43.7 Å². The fraction of sp³-hybridized carbons (Fsp3) is 0.667. The highest BCUT2D eigenvalue weighted by atomic mass is 14.9. The third-order valence-corrected chi connectivity index (χ3v) is 3.37. The smallest absolute Gasteiger partial charge is 0.181 e. The molecule has 1 aromatic heterocycles. The van der Waals surface area contributed by atoms with Crippen molar-refractivity contribution in [1.29, 1.82) is 0 Å². The molecule has 0 aliphatic carbocycles. The van der Waals surface area contributed by atoms with Gasteiger partial charge >= 0.3 is 0 Å². The molecule has 90 valence electrons. The van der Waals surface area contributed by atoms with Crippen molar-refractivity contribution < 1.29 is 4.57 Å². The van der Waals surface area contributed by atoms with Gasteiger partial charge in [-0.3, -0.25) is 0 Å². The Morgan fingerprint density at radius 2 is 1.69 bits per heavy atom. The summed E-state index contributed by atoms with van der Waals surface area (Å²) in [5.74, 6) is 0. The van der Waals surface area contributed by atoms with Gasteiger partial charge < -0.3 is 0 Å². The van der Waals surface area contributed by atoms with Crippen molar-refractivity contribution in [3.8, 4) is 0 Å². The van der Waals surface area contributed by atoms with Gasteiger partial charge in [0, 0.05) is 25.0 Å². The molecule has 0 aromatic carbocycles. The van der Waals surface area contributed by atoms with Gasteiger partial charge in [0.15, 0.2) is 11.9 Å². The summed E-state index contributed by atoms with van der Waals surface area (Å²) in [6, 6.07) is 4.34. The summed E-state index contributed by atoms with van der Waals surface area (Å²) in [7, 11) is 0. The monoisotopic (exact) mass is 220 g/mol. The molecule has 0 radical (unpaired) electrons. The minimum atomic E-state index is 1.18. The van der Waals surface area contributed by atoms with Crippen LogP contribution < -0.4 is 4.57 Å². The zero-order valence-electron chi connectivity index (χ0n) is 11.1. The van der Waals surface area contributed by atoms with Crippen LogP contribution in [0.1, 0.15) is 56.7 Å². The lowest BCUT2D eigenvalue weighted by Crippen LogP contribution is -2.37. The van der Waals surface area contributed by atoms with Gasteiger partial charge in [0.2, 0.25) is 0 Å². The molecule has 0 atom stereocenters. The van der Waals surface area contributed by atoms with Gasteiger partial charge in [0.25, 0.3) is 0 Å². The second-order valence-electron chi connectivity index (χ2n) is 4.74. The summed E-state index contributed by atoms with van der Waals surface area (Å²) in [6.45, 7) is 7.85. The van der Waals surface area contributed by atoms with E-state index in [4.69, 9.17) is 0 Å². The van der Waals surface area contributed by atoms with Crippen LogP contribution >= 0.6 is 0 Å². The van der Waals surface area contributed by atoms with E-state index in [1.165, 1.54) is 56.3 Å². The Morgan fingerprint density at radius 3 is 2.44 bits per heavy atom. The first-order valence-electron chi connectivity index (χ1n) is 6.71. The molecule has 0 spiro atoms. The molecule has 1 heterocycles. The SMILES string of the molecule is CCCCCCCC[n+]1cccc(C)c1C. The molecule has 1 rings (SSSR count). The summed E-state index contributed by atoms with van der Waals surface area (Å²) >= 11 is 0. The highest BCUT2D eigenvalue weighted by molar-refractivity contribution is 5.10. The molecule has 0 unspecified atom stereocenters. The van der Waals surface area contributed by atoms with Crippen LogP contribution in [-0.2, 0) is 6.54 Å². The van der Waals surface area contributed by atoms with Gasteiger partial charge in [-0.05, 0) is 19.4 Å². The molecule has 0 N–H and O–H groups in total. The van der Waals surface area contributed by atoms with Crippen molar-refractivity contribution >= 4 is 0 Å². The van der Waals surface area contributed by atoms with Crippen LogP contribution in [0.25, 0.3) is 0 Å². The summed E-state index contributed by atoms with van der Waals surface area (Å²) in [5, 5.41) is 0. The van der Waals surface area contributed by atoms with Crippen LogP contribution in [0.3, 0.4) is 0 Å². The van der Waals surface area contributed by atoms with Gasteiger partial charge in [0.1, 0.15) is 6.54 Å². The number of pyridine rings is 1. The van der Waals surface area contributed by atoms with Crippen LogP contribution in [0.15, 0.2) is 18.3 Å². The lowest BCUT2D eigenvalue weighted by molar-refractivity contribution is -0.703.